The first-order valence-corrected chi connectivity index (χ1v) is 7.36. The molecule has 98 valence electrons. The number of aryl methyl sites for hydroxylation is 1. The second kappa shape index (κ2) is 4.58. The maximum Gasteiger partial charge on any atom is 0.0359 e. The van der Waals surface area contributed by atoms with Crippen molar-refractivity contribution in [2.24, 2.45) is 0 Å². The summed E-state index contributed by atoms with van der Waals surface area (Å²) in [6, 6.07) is 8.68. The molecule has 1 aromatic rings. The standard InChI is InChI=1S/C16H24N2/c1-3-14-7-4-11(2)18(14)16-9-5-12-10-13(17)6-8-15(12)16/h6,8,10-11,14,16H,3-5,7,9,17H2,1-2H3. The van der Waals surface area contributed by atoms with Crippen LogP contribution < -0.4 is 5.73 Å². The van der Waals surface area contributed by atoms with Crippen molar-refractivity contribution in [1.29, 1.82) is 0 Å². The molecule has 0 amide bonds. The average molecular weight is 244 g/mol. The number of hydrogen-bond acceptors (Lipinski definition) is 2. The average Bonchev–Trinajstić information content (AvgIpc) is 2.91. The van der Waals surface area contributed by atoms with Crippen molar-refractivity contribution in [2.45, 2.75) is 64.1 Å². The minimum absolute atomic E-state index is 0.642. The zero-order valence-electron chi connectivity index (χ0n) is 11.5. The minimum Gasteiger partial charge on any atom is -0.399 e. The zero-order valence-corrected chi connectivity index (χ0v) is 11.5. The van der Waals surface area contributed by atoms with Gasteiger partial charge in [-0.05, 0) is 62.3 Å². The maximum atomic E-state index is 5.90. The molecule has 0 aromatic heterocycles. The van der Waals surface area contributed by atoms with Crippen LogP contribution in [0.2, 0.25) is 0 Å². The normalized spacial score (nSPS) is 31.8. The van der Waals surface area contributed by atoms with E-state index in [-0.39, 0.29) is 0 Å². The van der Waals surface area contributed by atoms with E-state index in [9.17, 15) is 0 Å². The van der Waals surface area contributed by atoms with Gasteiger partial charge in [0.05, 0.1) is 0 Å². The summed E-state index contributed by atoms with van der Waals surface area (Å²) in [5.41, 5.74) is 9.83. The van der Waals surface area contributed by atoms with Crippen molar-refractivity contribution < 1.29 is 0 Å². The van der Waals surface area contributed by atoms with Gasteiger partial charge < -0.3 is 5.73 Å². The van der Waals surface area contributed by atoms with Gasteiger partial charge in [-0.15, -0.1) is 0 Å². The highest BCUT2D eigenvalue weighted by molar-refractivity contribution is 5.47. The molecular weight excluding hydrogens is 220 g/mol. The van der Waals surface area contributed by atoms with Gasteiger partial charge in [-0.3, -0.25) is 4.90 Å². The Morgan fingerprint density at radius 3 is 2.89 bits per heavy atom. The van der Waals surface area contributed by atoms with E-state index in [1.54, 1.807) is 0 Å². The number of nitrogens with two attached hydrogens (primary N) is 1. The van der Waals surface area contributed by atoms with Gasteiger partial charge >= 0.3 is 0 Å². The largest absolute Gasteiger partial charge is 0.399 e. The summed E-state index contributed by atoms with van der Waals surface area (Å²) in [7, 11) is 0. The first-order valence-electron chi connectivity index (χ1n) is 7.36. The van der Waals surface area contributed by atoms with Gasteiger partial charge in [0.1, 0.15) is 0 Å². The van der Waals surface area contributed by atoms with Crippen LogP contribution in [0.15, 0.2) is 18.2 Å². The number of benzene rings is 1. The highest BCUT2D eigenvalue weighted by Gasteiger charge is 2.38. The van der Waals surface area contributed by atoms with Crippen LogP contribution in [-0.4, -0.2) is 17.0 Å². The van der Waals surface area contributed by atoms with Crippen molar-refractivity contribution in [3.8, 4) is 0 Å². The molecule has 1 heterocycles. The Balaban J connectivity index is 1.91. The van der Waals surface area contributed by atoms with E-state index >= 15 is 0 Å². The molecule has 1 aliphatic carbocycles. The van der Waals surface area contributed by atoms with Crippen molar-refractivity contribution in [1.82, 2.24) is 4.90 Å². The fourth-order valence-electron chi connectivity index (χ4n) is 3.99. The molecule has 0 bridgehead atoms. The van der Waals surface area contributed by atoms with E-state index in [4.69, 9.17) is 5.73 Å². The molecule has 2 heteroatoms. The van der Waals surface area contributed by atoms with Crippen LogP contribution in [0, 0.1) is 0 Å². The lowest BCUT2D eigenvalue weighted by molar-refractivity contribution is 0.133. The molecule has 1 saturated heterocycles. The molecule has 3 unspecified atom stereocenters. The molecule has 0 saturated carbocycles. The number of hydrogen-bond donors (Lipinski definition) is 1. The summed E-state index contributed by atoms with van der Waals surface area (Å²) in [5.74, 6) is 0. The summed E-state index contributed by atoms with van der Waals surface area (Å²) in [6.45, 7) is 4.72. The van der Waals surface area contributed by atoms with Gasteiger partial charge in [-0.25, -0.2) is 0 Å². The Morgan fingerprint density at radius 1 is 1.28 bits per heavy atom. The van der Waals surface area contributed by atoms with Gasteiger partial charge in [0.15, 0.2) is 0 Å². The van der Waals surface area contributed by atoms with Crippen molar-refractivity contribution >= 4 is 5.69 Å². The molecule has 0 spiro atoms. The van der Waals surface area contributed by atoms with Crippen LogP contribution in [0.4, 0.5) is 5.69 Å². The number of likely N-dealkylation sites (tertiary alicyclic amines) is 1. The fraction of sp³-hybridized carbons (Fsp3) is 0.625. The lowest BCUT2D eigenvalue weighted by Gasteiger charge is -2.34. The maximum absolute atomic E-state index is 5.90. The summed E-state index contributed by atoms with van der Waals surface area (Å²) >= 11 is 0. The van der Waals surface area contributed by atoms with Gasteiger partial charge in [-0.2, -0.15) is 0 Å². The molecule has 1 aliphatic heterocycles. The van der Waals surface area contributed by atoms with Crippen LogP contribution >= 0.6 is 0 Å². The van der Waals surface area contributed by atoms with E-state index in [1.165, 1.54) is 43.2 Å². The second-order valence-corrected chi connectivity index (χ2v) is 5.95. The third-order valence-electron chi connectivity index (χ3n) is 4.89. The van der Waals surface area contributed by atoms with Crippen LogP contribution in [0.25, 0.3) is 0 Å². The summed E-state index contributed by atoms with van der Waals surface area (Å²) < 4.78 is 0. The lowest BCUT2D eigenvalue weighted by atomic mass is 10.0. The van der Waals surface area contributed by atoms with Crippen molar-refractivity contribution in [2.75, 3.05) is 5.73 Å². The van der Waals surface area contributed by atoms with Crippen LogP contribution in [0.1, 0.15) is 56.7 Å². The smallest absolute Gasteiger partial charge is 0.0359 e. The Labute approximate surface area is 110 Å². The quantitative estimate of drug-likeness (QED) is 0.807. The van der Waals surface area contributed by atoms with Crippen LogP contribution in [0.3, 0.4) is 0 Å². The molecule has 3 atom stereocenters. The van der Waals surface area contributed by atoms with Crippen molar-refractivity contribution in [3.63, 3.8) is 0 Å². The monoisotopic (exact) mass is 244 g/mol. The molecule has 1 fully saturated rings. The first kappa shape index (κ1) is 12.0. The Hall–Kier alpha value is -1.02. The van der Waals surface area contributed by atoms with Gasteiger partial charge in [0.2, 0.25) is 0 Å². The number of fused-ring (bicyclic) bond motifs is 1. The molecule has 0 radical (unpaired) electrons. The lowest BCUT2D eigenvalue weighted by Crippen LogP contribution is -2.36. The van der Waals surface area contributed by atoms with E-state index in [1.807, 2.05) is 0 Å². The highest BCUT2D eigenvalue weighted by Crippen LogP contribution is 2.42. The Bertz CT molecular complexity index is 441. The van der Waals surface area contributed by atoms with Crippen LogP contribution in [0.5, 0.6) is 0 Å². The SMILES string of the molecule is CCC1CCC(C)N1C1CCc2cc(N)ccc21. The minimum atomic E-state index is 0.642. The van der Waals surface area contributed by atoms with Crippen molar-refractivity contribution in [3.05, 3.63) is 29.3 Å². The Kier molecular flexibility index (Phi) is 3.06. The molecule has 2 N–H and O–H groups in total. The molecule has 3 rings (SSSR count). The number of nitrogens with zero attached hydrogens (tertiary/aromatic N) is 1. The Morgan fingerprint density at radius 2 is 2.11 bits per heavy atom. The van der Waals surface area contributed by atoms with Gasteiger partial charge in [0.25, 0.3) is 0 Å². The predicted molar refractivity (Wildman–Crippen MR) is 76.5 cm³/mol. The fourth-order valence-corrected chi connectivity index (χ4v) is 3.99. The molecule has 18 heavy (non-hydrogen) atoms. The van der Waals surface area contributed by atoms with E-state index in [0.717, 1.165) is 17.8 Å². The highest BCUT2D eigenvalue weighted by atomic mass is 15.2. The zero-order chi connectivity index (χ0) is 12.7. The van der Waals surface area contributed by atoms with E-state index < -0.39 is 0 Å². The van der Waals surface area contributed by atoms with Gasteiger partial charge in [-0.1, -0.05) is 13.0 Å². The first-order chi connectivity index (χ1) is 8.70. The molecule has 2 nitrogen and oxygen atoms in total. The predicted octanol–water partition coefficient (Wildman–Crippen LogP) is 3.52. The second-order valence-electron chi connectivity index (χ2n) is 5.95. The topological polar surface area (TPSA) is 29.3 Å². The van der Waals surface area contributed by atoms with Gasteiger partial charge in [0, 0.05) is 23.8 Å². The molecular formula is C16H24N2. The van der Waals surface area contributed by atoms with Crippen LogP contribution in [-0.2, 0) is 6.42 Å². The number of anilines is 1. The summed E-state index contributed by atoms with van der Waals surface area (Å²) in [5, 5.41) is 0. The number of nitrogen functional groups attached to an aromatic ring is 1. The summed E-state index contributed by atoms with van der Waals surface area (Å²) in [4.78, 5) is 2.78. The molecule has 1 aromatic carbocycles. The third-order valence-corrected chi connectivity index (χ3v) is 4.89. The van der Waals surface area contributed by atoms with E-state index in [0.29, 0.717) is 6.04 Å². The third kappa shape index (κ3) is 1.83. The molecule has 2 aliphatic rings. The van der Waals surface area contributed by atoms with E-state index in [2.05, 4.69) is 36.9 Å². The number of rotatable bonds is 2. The summed E-state index contributed by atoms with van der Waals surface area (Å²) in [6.07, 6.45) is 6.49.